The van der Waals surface area contributed by atoms with Crippen molar-refractivity contribution >= 4 is 0 Å². The second-order valence-corrected chi connectivity index (χ2v) is 5.48. The molecule has 0 atom stereocenters. The molecule has 0 unspecified atom stereocenters. The van der Waals surface area contributed by atoms with Crippen molar-refractivity contribution < 1.29 is 4.42 Å². The molecule has 2 rings (SSSR count). The molecule has 2 heterocycles. The van der Waals surface area contributed by atoms with E-state index < -0.39 is 0 Å². The van der Waals surface area contributed by atoms with Crippen LogP contribution in [-0.4, -0.2) is 49.6 Å². The lowest BCUT2D eigenvalue weighted by atomic mass is 10.0. The van der Waals surface area contributed by atoms with Crippen LogP contribution in [-0.2, 0) is 13.1 Å². The van der Waals surface area contributed by atoms with Gasteiger partial charge in [0.05, 0.1) is 12.8 Å². The number of nitrogens with one attached hydrogen (secondary N) is 1. The van der Waals surface area contributed by atoms with Gasteiger partial charge < -0.3 is 14.6 Å². The van der Waals surface area contributed by atoms with E-state index in [4.69, 9.17) is 4.42 Å². The van der Waals surface area contributed by atoms with E-state index in [2.05, 4.69) is 35.2 Å². The van der Waals surface area contributed by atoms with Crippen LogP contribution < -0.4 is 5.32 Å². The zero-order chi connectivity index (χ0) is 13.7. The summed E-state index contributed by atoms with van der Waals surface area (Å²) >= 11 is 0. The zero-order valence-corrected chi connectivity index (χ0v) is 12.5. The molecule has 0 saturated carbocycles. The normalized spacial score (nSPS) is 18.3. The molecule has 1 N–H and O–H groups in total. The average molecular weight is 265 g/mol. The Hall–Kier alpha value is -0.840. The molecular formula is C15H27N3O. The van der Waals surface area contributed by atoms with Gasteiger partial charge in [-0.05, 0) is 52.6 Å². The topological polar surface area (TPSA) is 31.6 Å². The summed E-state index contributed by atoms with van der Waals surface area (Å²) in [4.78, 5) is 5.02. The maximum Gasteiger partial charge on any atom is 0.122 e. The van der Waals surface area contributed by atoms with Gasteiger partial charge in [-0.2, -0.15) is 0 Å². The van der Waals surface area contributed by atoms with E-state index in [1.807, 2.05) is 7.05 Å². The van der Waals surface area contributed by atoms with Crippen LogP contribution in [0.25, 0.3) is 0 Å². The van der Waals surface area contributed by atoms with Crippen molar-refractivity contribution in [3.05, 3.63) is 23.7 Å². The van der Waals surface area contributed by atoms with Gasteiger partial charge in [0.25, 0.3) is 0 Å². The first-order valence-electron chi connectivity index (χ1n) is 7.37. The van der Waals surface area contributed by atoms with Crippen molar-refractivity contribution in [2.24, 2.45) is 0 Å². The highest BCUT2D eigenvalue weighted by molar-refractivity contribution is 5.16. The van der Waals surface area contributed by atoms with Crippen LogP contribution in [0, 0.1) is 0 Å². The standard InChI is InChI=1S/C15H27N3O/c1-4-18-8-5-14(6-9-18)17(3)12-13-7-10-19-15(13)11-16-2/h7,10,14,16H,4-6,8-9,11-12H2,1-3H3. The number of likely N-dealkylation sites (tertiary alicyclic amines) is 1. The van der Waals surface area contributed by atoms with Crippen molar-refractivity contribution in [3.63, 3.8) is 0 Å². The van der Waals surface area contributed by atoms with Crippen LogP contribution in [0.5, 0.6) is 0 Å². The molecular weight excluding hydrogens is 238 g/mol. The van der Waals surface area contributed by atoms with E-state index in [0.717, 1.165) is 18.8 Å². The van der Waals surface area contributed by atoms with Crippen molar-refractivity contribution in [2.75, 3.05) is 33.7 Å². The van der Waals surface area contributed by atoms with Crippen LogP contribution in [0.2, 0.25) is 0 Å². The molecule has 0 radical (unpaired) electrons. The molecule has 1 aromatic heterocycles. The molecule has 1 aliphatic heterocycles. The van der Waals surface area contributed by atoms with Crippen molar-refractivity contribution in [1.29, 1.82) is 0 Å². The summed E-state index contributed by atoms with van der Waals surface area (Å²) in [6.45, 7) is 7.71. The van der Waals surface area contributed by atoms with Crippen LogP contribution in [0.15, 0.2) is 16.7 Å². The Bertz CT molecular complexity index is 369. The predicted octanol–water partition coefficient (Wildman–Crippen LogP) is 1.92. The first kappa shape index (κ1) is 14.6. The monoisotopic (exact) mass is 265 g/mol. The number of rotatable bonds is 6. The Labute approximate surface area is 116 Å². The second-order valence-electron chi connectivity index (χ2n) is 5.48. The molecule has 0 spiro atoms. The van der Waals surface area contributed by atoms with Gasteiger partial charge in [0, 0.05) is 18.2 Å². The molecule has 4 heteroatoms. The summed E-state index contributed by atoms with van der Waals surface area (Å²) in [5, 5.41) is 3.16. The van der Waals surface area contributed by atoms with E-state index in [1.54, 1.807) is 6.26 Å². The number of nitrogens with zero attached hydrogens (tertiary/aromatic N) is 2. The summed E-state index contributed by atoms with van der Waals surface area (Å²) in [5.74, 6) is 1.07. The number of furan rings is 1. The minimum Gasteiger partial charge on any atom is -0.468 e. The summed E-state index contributed by atoms with van der Waals surface area (Å²) in [7, 11) is 4.19. The quantitative estimate of drug-likeness (QED) is 0.851. The lowest BCUT2D eigenvalue weighted by molar-refractivity contribution is 0.126. The summed E-state index contributed by atoms with van der Waals surface area (Å²) in [6.07, 6.45) is 4.36. The predicted molar refractivity (Wildman–Crippen MR) is 78.1 cm³/mol. The van der Waals surface area contributed by atoms with Gasteiger partial charge in [-0.25, -0.2) is 0 Å². The Kier molecular flexibility index (Phi) is 5.43. The van der Waals surface area contributed by atoms with Gasteiger partial charge in [0.1, 0.15) is 5.76 Å². The minimum atomic E-state index is 0.708. The Morgan fingerprint density at radius 2 is 2.16 bits per heavy atom. The SMILES string of the molecule is CCN1CCC(N(C)Cc2ccoc2CNC)CC1. The molecule has 1 saturated heterocycles. The maximum absolute atomic E-state index is 5.53. The van der Waals surface area contributed by atoms with Gasteiger partial charge in [0.2, 0.25) is 0 Å². The number of hydrogen-bond acceptors (Lipinski definition) is 4. The Balaban J connectivity index is 1.87. The third-order valence-corrected chi connectivity index (χ3v) is 4.22. The third kappa shape index (κ3) is 3.81. The minimum absolute atomic E-state index is 0.708. The van der Waals surface area contributed by atoms with Crippen molar-refractivity contribution in [3.8, 4) is 0 Å². The molecule has 4 nitrogen and oxygen atoms in total. The average Bonchev–Trinajstić information content (AvgIpc) is 2.86. The Morgan fingerprint density at radius 1 is 1.42 bits per heavy atom. The molecule has 0 aromatic carbocycles. The largest absolute Gasteiger partial charge is 0.468 e. The summed E-state index contributed by atoms with van der Waals surface area (Å²) in [5.41, 5.74) is 1.31. The summed E-state index contributed by atoms with van der Waals surface area (Å²) < 4.78 is 5.53. The first-order chi connectivity index (χ1) is 9.24. The highest BCUT2D eigenvalue weighted by Gasteiger charge is 2.22. The van der Waals surface area contributed by atoms with Gasteiger partial charge in [-0.1, -0.05) is 6.92 Å². The molecule has 1 fully saturated rings. The van der Waals surface area contributed by atoms with Crippen LogP contribution in [0.1, 0.15) is 31.1 Å². The van der Waals surface area contributed by atoms with Gasteiger partial charge in [-0.15, -0.1) is 0 Å². The maximum atomic E-state index is 5.53. The highest BCUT2D eigenvalue weighted by Crippen LogP contribution is 2.19. The third-order valence-electron chi connectivity index (χ3n) is 4.22. The molecule has 108 valence electrons. The van der Waals surface area contributed by atoms with Gasteiger partial charge >= 0.3 is 0 Å². The molecule has 1 aliphatic rings. The number of hydrogen-bond donors (Lipinski definition) is 1. The fourth-order valence-corrected chi connectivity index (χ4v) is 2.90. The number of piperidine rings is 1. The smallest absolute Gasteiger partial charge is 0.122 e. The van der Waals surface area contributed by atoms with Crippen molar-refractivity contribution in [2.45, 2.75) is 38.9 Å². The Morgan fingerprint density at radius 3 is 2.79 bits per heavy atom. The lowest BCUT2D eigenvalue weighted by Crippen LogP contribution is -2.42. The van der Waals surface area contributed by atoms with E-state index in [9.17, 15) is 0 Å². The van der Waals surface area contributed by atoms with E-state index in [-0.39, 0.29) is 0 Å². The fraction of sp³-hybridized carbons (Fsp3) is 0.733. The van der Waals surface area contributed by atoms with E-state index in [0.29, 0.717) is 6.04 Å². The van der Waals surface area contributed by atoms with E-state index >= 15 is 0 Å². The molecule has 0 aliphatic carbocycles. The van der Waals surface area contributed by atoms with Crippen LogP contribution >= 0.6 is 0 Å². The second kappa shape index (κ2) is 7.08. The van der Waals surface area contributed by atoms with Gasteiger partial charge in [-0.3, -0.25) is 4.90 Å². The molecule has 0 bridgehead atoms. The van der Waals surface area contributed by atoms with Crippen LogP contribution in [0.4, 0.5) is 0 Å². The highest BCUT2D eigenvalue weighted by atomic mass is 16.3. The van der Waals surface area contributed by atoms with Gasteiger partial charge in [0.15, 0.2) is 0 Å². The fourth-order valence-electron chi connectivity index (χ4n) is 2.90. The zero-order valence-electron chi connectivity index (χ0n) is 12.5. The summed E-state index contributed by atoms with van der Waals surface area (Å²) in [6, 6.07) is 2.81. The van der Waals surface area contributed by atoms with Crippen LogP contribution in [0.3, 0.4) is 0 Å². The van der Waals surface area contributed by atoms with E-state index in [1.165, 1.54) is 38.0 Å². The lowest BCUT2D eigenvalue weighted by Gasteiger charge is -2.36. The molecule has 1 aromatic rings. The molecule has 0 amide bonds. The first-order valence-corrected chi connectivity index (χ1v) is 7.37. The molecule has 19 heavy (non-hydrogen) atoms. The van der Waals surface area contributed by atoms with Crippen molar-refractivity contribution in [1.82, 2.24) is 15.1 Å².